The molecule has 1 aromatic carbocycles. The Labute approximate surface area is 148 Å². The van der Waals surface area contributed by atoms with Gasteiger partial charge in [-0.05, 0) is 31.4 Å². The molecule has 1 aliphatic rings. The van der Waals surface area contributed by atoms with Gasteiger partial charge in [-0.1, -0.05) is 30.3 Å². The molecule has 25 heavy (non-hydrogen) atoms. The fraction of sp³-hybridized carbons (Fsp3) is 0.421. The van der Waals surface area contributed by atoms with E-state index in [1.165, 1.54) is 5.56 Å². The summed E-state index contributed by atoms with van der Waals surface area (Å²) in [5.74, 6) is 0.362. The van der Waals surface area contributed by atoms with Gasteiger partial charge in [0.05, 0.1) is 6.10 Å². The van der Waals surface area contributed by atoms with Crippen LogP contribution in [0.5, 0.6) is 0 Å². The molecule has 1 N–H and O–H groups in total. The predicted octanol–water partition coefficient (Wildman–Crippen LogP) is 2.33. The lowest BCUT2D eigenvalue weighted by molar-refractivity contribution is 0.0853. The van der Waals surface area contributed by atoms with Crippen molar-refractivity contribution in [1.82, 2.24) is 15.3 Å². The first-order valence-corrected chi connectivity index (χ1v) is 8.62. The third-order valence-electron chi connectivity index (χ3n) is 4.19. The number of amides is 1. The van der Waals surface area contributed by atoms with Gasteiger partial charge in [0, 0.05) is 32.4 Å². The summed E-state index contributed by atoms with van der Waals surface area (Å²) in [6.45, 7) is 3.86. The molecule has 0 aliphatic carbocycles. The number of carbonyl (C=O) groups excluding carboxylic acids is 1. The summed E-state index contributed by atoms with van der Waals surface area (Å²) in [4.78, 5) is 23.3. The quantitative estimate of drug-likeness (QED) is 0.874. The minimum Gasteiger partial charge on any atom is -0.376 e. The van der Waals surface area contributed by atoms with Crippen molar-refractivity contribution in [3.63, 3.8) is 0 Å². The van der Waals surface area contributed by atoms with Crippen molar-refractivity contribution >= 4 is 11.9 Å². The van der Waals surface area contributed by atoms with E-state index in [9.17, 15) is 4.79 Å². The number of carbonyl (C=O) groups is 1. The molecule has 0 spiro atoms. The van der Waals surface area contributed by atoms with Gasteiger partial charge in [0.15, 0.2) is 0 Å². The van der Waals surface area contributed by atoms with Crippen LogP contribution in [0, 0.1) is 6.92 Å². The lowest BCUT2D eigenvalue weighted by Gasteiger charge is -2.18. The number of rotatable bonds is 6. The van der Waals surface area contributed by atoms with E-state index < -0.39 is 0 Å². The van der Waals surface area contributed by atoms with Crippen molar-refractivity contribution in [3.8, 4) is 0 Å². The van der Waals surface area contributed by atoms with Crippen molar-refractivity contribution < 1.29 is 9.53 Å². The van der Waals surface area contributed by atoms with E-state index in [4.69, 9.17) is 4.74 Å². The van der Waals surface area contributed by atoms with Crippen molar-refractivity contribution in [1.29, 1.82) is 0 Å². The third-order valence-corrected chi connectivity index (χ3v) is 4.19. The Bertz CT molecular complexity index is 715. The van der Waals surface area contributed by atoms with Crippen molar-refractivity contribution in [3.05, 3.63) is 53.3 Å². The lowest BCUT2D eigenvalue weighted by Crippen LogP contribution is -2.32. The molecule has 132 valence electrons. The molecule has 6 heteroatoms. The van der Waals surface area contributed by atoms with Crippen LogP contribution in [-0.2, 0) is 11.3 Å². The normalized spacial score (nSPS) is 16.6. The minimum atomic E-state index is -0.185. The standard InChI is InChI=1S/C19H24N4O2/c1-14-11-17(18(24)20-12-16-9-6-10-25-16)22-19(21-14)23(2)13-15-7-4-3-5-8-15/h3-5,7-8,11,16H,6,9-10,12-13H2,1-2H3,(H,20,24). The molecule has 2 aromatic rings. The number of hydrogen-bond acceptors (Lipinski definition) is 5. The molecule has 3 rings (SSSR count). The molecule has 1 amide bonds. The zero-order valence-electron chi connectivity index (χ0n) is 14.7. The molecule has 1 aromatic heterocycles. The number of ether oxygens (including phenoxy) is 1. The molecule has 2 heterocycles. The Morgan fingerprint density at radius 2 is 2.12 bits per heavy atom. The first-order chi connectivity index (χ1) is 12.1. The first-order valence-electron chi connectivity index (χ1n) is 8.62. The van der Waals surface area contributed by atoms with Gasteiger partial charge in [-0.15, -0.1) is 0 Å². The van der Waals surface area contributed by atoms with E-state index in [1.807, 2.05) is 37.1 Å². The van der Waals surface area contributed by atoms with E-state index in [2.05, 4.69) is 27.4 Å². The number of benzene rings is 1. The summed E-state index contributed by atoms with van der Waals surface area (Å²) in [7, 11) is 1.93. The van der Waals surface area contributed by atoms with E-state index in [1.54, 1.807) is 6.07 Å². The molecule has 0 saturated carbocycles. The maximum absolute atomic E-state index is 12.4. The van der Waals surface area contributed by atoms with Gasteiger partial charge in [-0.25, -0.2) is 9.97 Å². The van der Waals surface area contributed by atoms with Crippen LogP contribution < -0.4 is 10.2 Å². The van der Waals surface area contributed by atoms with Crippen LogP contribution in [0.25, 0.3) is 0 Å². The number of anilines is 1. The summed E-state index contributed by atoms with van der Waals surface area (Å²) in [6, 6.07) is 11.8. The van der Waals surface area contributed by atoms with Gasteiger partial charge in [-0.2, -0.15) is 0 Å². The van der Waals surface area contributed by atoms with Crippen LogP contribution in [0.15, 0.2) is 36.4 Å². The molecular weight excluding hydrogens is 316 g/mol. The van der Waals surface area contributed by atoms with Crippen molar-refractivity contribution in [2.24, 2.45) is 0 Å². The Balaban J connectivity index is 1.67. The zero-order valence-corrected chi connectivity index (χ0v) is 14.7. The third kappa shape index (κ3) is 4.76. The van der Waals surface area contributed by atoms with Crippen molar-refractivity contribution in [2.75, 3.05) is 25.1 Å². The number of aryl methyl sites for hydroxylation is 1. The summed E-state index contributed by atoms with van der Waals surface area (Å²) in [5.41, 5.74) is 2.33. The summed E-state index contributed by atoms with van der Waals surface area (Å²) in [5, 5.41) is 2.91. The van der Waals surface area contributed by atoms with Gasteiger partial charge in [0.25, 0.3) is 5.91 Å². The second kappa shape index (κ2) is 8.07. The van der Waals surface area contributed by atoms with E-state index >= 15 is 0 Å². The van der Waals surface area contributed by atoms with E-state index in [0.717, 1.165) is 25.1 Å². The van der Waals surface area contributed by atoms with Gasteiger partial charge in [-0.3, -0.25) is 4.79 Å². The highest BCUT2D eigenvalue weighted by molar-refractivity contribution is 5.92. The van der Waals surface area contributed by atoms with Crippen LogP contribution >= 0.6 is 0 Å². The molecule has 1 atom stereocenters. The number of hydrogen-bond donors (Lipinski definition) is 1. The molecular formula is C19H24N4O2. The largest absolute Gasteiger partial charge is 0.376 e. The number of nitrogens with one attached hydrogen (secondary N) is 1. The Morgan fingerprint density at radius 1 is 1.32 bits per heavy atom. The highest BCUT2D eigenvalue weighted by Gasteiger charge is 2.18. The summed E-state index contributed by atoms with van der Waals surface area (Å²) in [6.07, 6.45) is 2.17. The van der Waals surface area contributed by atoms with Gasteiger partial charge in [0.2, 0.25) is 5.95 Å². The smallest absolute Gasteiger partial charge is 0.270 e. The molecule has 1 saturated heterocycles. The SMILES string of the molecule is Cc1cc(C(=O)NCC2CCCO2)nc(N(C)Cc2ccccc2)n1. The molecule has 0 bridgehead atoms. The Kier molecular flexibility index (Phi) is 5.60. The van der Waals surface area contributed by atoms with Gasteiger partial charge < -0.3 is 15.0 Å². The highest BCUT2D eigenvalue weighted by Crippen LogP contribution is 2.13. The van der Waals surface area contributed by atoms with E-state index in [0.29, 0.717) is 24.7 Å². The highest BCUT2D eigenvalue weighted by atomic mass is 16.5. The topological polar surface area (TPSA) is 67.3 Å². The van der Waals surface area contributed by atoms with Gasteiger partial charge in [0.1, 0.15) is 5.69 Å². The average molecular weight is 340 g/mol. The average Bonchev–Trinajstić information content (AvgIpc) is 3.13. The predicted molar refractivity (Wildman–Crippen MR) is 96.6 cm³/mol. The maximum Gasteiger partial charge on any atom is 0.270 e. The lowest BCUT2D eigenvalue weighted by atomic mass is 10.2. The zero-order chi connectivity index (χ0) is 17.6. The van der Waals surface area contributed by atoms with Crippen LogP contribution in [-0.4, -0.2) is 42.2 Å². The molecule has 1 aliphatic heterocycles. The molecule has 6 nitrogen and oxygen atoms in total. The van der Waals surface area contributed by atoms with Crippen LogP contribution in [0.2, 0.25) is 0 Å². The Morgan fingerprint density at radius 3 is 2.84 bits per heavy atom. The van der Waals surface area contributed by atoms with Gasteiger partial charge >= 0.3 is 0 Å². The van der Waals surface area contributed by atoms with Crippen LogP contribution in [0.3, 0.4) is 0 Å². The number of nitrogens with zero attached hydrogens (tertiary/aromatic N) is 3. The first kappa shape index (κ1) is 17.4. The fourth-order valence-electron chi connectivity index (χ4n) is 2.87. The monoisotopic (exact) mass is 340 g/mol. The molecule has 0 radical (unpaired) electrons. The summed E-state index contributed by atoms with van der Waals surface area (Å²) >= 11 is 0. The Hall–Kier alpha value is -2.47. The number of aromatic nitrogens is 2. The second-order valence-corrected chi connectivity index (χ2v) is 6.38. The molecule has 1 fully saturated rings. The minimum absolute atomic E-state index is 0.118. The second-order valence-electron chi connectivity index (χ2n) is 6.38. The van der Waals surface area contributed by atoms with E-state index in [-0.39, 0.29) is 12.0 Å². The summed E-state index contributed by atoms with van der Waals surface area (Å²) < 4.78 is 5.54. The molecule has 1 unspecified atom stereocenters. The van der Waals surface area contributed by atoms with Crippen molar-refractivity contribution in [2.45, 2.75) is 32.4 Å². The maximum atomic E-state index is 12.4. The van der Waals surface area contributed by atoms with Crippen LogP contribution in [0.4, 0.5) is 5.95 Å². The van der Waals surface area contributed by atoms with Crippen LogP contribution in [0.1, 0.15) is 34.6 Å². The fourth-order valence-corrected chi connectivity index (χ4v) is 2.87.